The maximum atomic E-state index is 13.8. The zero-order valence-corrected chi connectivity index (χ0v) is 20.4. The first kappa shape index (κ1) is 21.2. The first-order valence-electron chi connectivity index (χ1n) is 11.6. The monoisotopic (exact) mass is 509 g/mol. The Hall–Kier alpha value is -3.37. The molecule has 0 radical (unpaired) electrons. The van der Waals surface area contributed by atoms with Gasteiger partial charge in [0.2, 0.25) is 0 Å². The summed E-state index contributed by atoms with van der Waals surface area (Å²) in [6.45, 7) is 0. The fourth-order valence-corrected chi connectivity index (χ4v) is 5.91. The zero-order valence-electron chi connectivity index (χ0n) is 18.8. The lowest BCUT2D eigenvalue weighted by molar-refractivity contribution is -0.116. The van der Waals surface area contributed by atoms with Crippen molar-refractivity contribution >= 4 is 43.7 Å². The number of nitrogens with one attached hydrogen (secondary N) is 1. The summed E-state index contributed by atoms with van der Waals surface area (Å²) in [6, 6.07) is 29.0. The number of allylic oxidation sites excluding steroid dienone is 1. The molecule has 0 bridgehead atoms. The number of Topliss-reactive ketones (excluding diaryl/α,β-unsaturated/α-hetero) is 1. The number of ketones is 1. The zero-order chi connectivity index (χ0) is 23.2. The first-order chi connectivity index (χ1) is 16.6. The summed E-state index contributed by atoms with van der Waals surface area (Å²) in [4.78, 5) is 13.8. The maximum Gasteiger partial charge on any atom is 0.162 e. The quantitative estimate of drug-likeness (QED) is 0.307. The third-order valence-electron chi connectivity index (χ3n) is 7.10. The lowest BCUT2D eigenvalue weighted by Crippen LogP contribution is -2.29. The molecule has 2 unspecified atom stereocenters. The molecule has 0 spiro atoms. The Morgan fingerprint density at radius 1 is 0.882 bits per heavy atom. The van der Waals surface area contributed by atoms with Gasteiger partial charge in [-0.25, -0.2) is 0 Å². The van der Waals surface area contributed by atoms with Crippen LogP contribution in [0.1, 0.15) is 41.5 Å². The number of hydrogen-bond acceptors (Lipinski definition) is 3. The number of carbonyl (C=O) groups is 1. The predicted molar refractivity (Wildman–Crippen MR) is 141 cm³/mol. The molecule has 0 fully saturated rings. The Bertz CT molecular complexity index is 1450. The number of ether oxygens (including phenoxy) is 1. The Morgan fingerprint density at radius 3 is 2.50 bits per heavy atom. The van der Waals surface area contributed by atoms with E-state index in [0.29, 0.717) is 6.42 Å². The van der Waals surface area contributed by atoms with E-state index in [0.717, 1.165) is 33.5 Å². The number of hydrogen-bond donors (Lipinski definition) is 1. The molecule has 0 amide bonds. The molecule has 1 N–H and O–H groups in total. The van der Waals surface area contributed by atoms with E-state index in [9.17, 15) is 4.79 Å². The van der Waals surface area contributed by atoms with Gasteiger partial charge in [-0.2, -0.15) is 0 Å². The van der Waals surface area contributed by atoms with Crippen molar-refractivity contribution < 1.29 is 9.53 Å². The van der Waals surface area contributed by atoms with Crippen molar-refractivity contribution in [3.63, 3.8) is 0 Å². The molecule has 34 heavy (non-hydrogen) atoms. The molecule has 3 nitrogen and oxygen atoms in total. The average molecular weight is 510 g/mol. The smallest absolute Gasteiger partial charge is 0.162 e. The van der Waals surface area contributed by atoms with Gasteiger partial charge in [0.1, 0.15) is 5.75 Å². The maximum absolute atomic E-state index is 13.8. The van der Waals surface area contributed by atoms with E-state index < -0.39 is 0 Å². The fraction of sp³-hybridized carbons (Fsp3) is 0.167. The van der Waals surface area contributed by atoms with Crippen LogP contribution in [0, 0.1) is 0 Å². The predicted octanol–water partition coefficient (Wildman–Crippen LogP) is 7.68. The molecular weight excluding hydrogens is 486 g/mol. The van der Waals surface area contributed by atoms with Crippen molar-refractivity contribution in [2.75, 3.05) is 12.4 Å². The molecule has 4 aromatic rings. The Morgan fingerprint density at radius 2 is 1.71 bits per heavy atom. The van der Waals surface area contributed by atoms with Gasteiger partial charge in [0, 0.05) is 27.7 Å². The Kier molecular flexibility index (Phi) is 5.26. The molecule has 0 saturated carbocycles. The number of carbonyl (C=O) groups excluding carboxylic acids is 1. The van der Waals surface area contributed by atoms with E-state index in [2.05, 4.69) is 81.9 Å². The summed E-state index contributed by atoms with van der Waals surface area (Å²) in [5.74, 6) is 1.20. The van der Waals surface area contributed by atoms with Crippen LogP contribution >= 0.6 is 15.9 Å². The number of methoxy groups -OCH3 is 1. The van der Waals surface area contributed by atoms with Gasteiger partial charge in [-0.3, -0.25) is 4.79 Å². The molecule has 2 atom stereocenters. The van der Waals surface area contributed by atoms with E-state index in [1.807, 2.05) is 24.3 Å². The van der Waals surface area contributed by atoms with Crippen LogP contribution < -0.4 is 10.1 Å². The van der Waals surface area contributed by atoms with Crippen molar-refractivity contribution in [3.8, 4) is 5.75 Å². The summed E-state index contributed by atoms with van der Waals surface area (Å²) in [6.07, 6.45) is 1.35. The van der Waals surface area contributed by atoms with Crippen LogP contribution in [0.5, 0.6) is 5.75 Å². The molecule has 168 valence electrons. The molecule has 4 aromatic carbocycles. The minimum atomic E-state index is -0.162. The molecule has 6 rings (SSSR count). The topological polar surface area (TPSA) is 38.3 Å². The van der Waals surface area contributed by atoms with Gasteiger partial charge in [0.15, 0.2) is 5.78 Å². The minimum absolute atomic E-state index is 0.144. The SMILES string of the molecule is COc1ccc(C2CC(=O)C3=C(C2)c2c(ccc4ccccc24)NC3c2cccc(Br)c2)cc1. The van der Waals surface area contributed by atoms with Crippen LogP contribution in [-0.2, 0) is 4.79 Å². The van der Waals surface area contributed by atoms with E-state index in [1.165, 1.54) is 27.5 Å². The minimum Gasteiger partial charge on any atom is -0.497 e. The van der Waals surface area contributed by atoms with Gasteiger partial charge >= 0.3 is 0 Å². The first-order valence-corrected chi connectivity index (χ1v) is 12.4. The molecular formula is C30H24BrNO2. The molecule has 0 saturated heterocycles. The number of fused-ring (bicyclic) bond motifs is 4. The van der Waals surface area contributed by atoms with Crippen molar-refractivity contribution in [3.05, 3.63) is 112 Å². The standard InChI is InChI=1S/C30H24BrNO2/c1-34-23-12-9-18(10-13-23)21-16-25-28-24-8-3-2-5-19(24)11-14-26(28)32-30(29(25)27(33)17-21)20-6-4-7-22(31)15-20/h2-15,21,30,32H,16-17H2,1H3. The number of benzene rings is 4. The fourth-order valence-electron chi connectivity index (χ4n) is 5.50. The molecule has 4 heteroatoms. The average Bonchev–Trinajstić information content (AvgIpc) is 2.87. The van der Waals surface area contributed by atoms with Crippen molar-refractivity contribution in [2.24, 2.45) is 0 Å². The Balaban J connectivity index is 1.54. The third kappa shape index (κ3) is 3.54. The van der Waals surface area contributed by atoms with E-state index in [-0.39, 0.29) is 17.7 Å². The molecule has 1 aliphatic heterocycles. The second-order valence-electron chi connectivity index (χ2n) is 9.04. The van der Waals surface area contributed by atoms with Crippen molar-refractivity contribution in [2.45, 2.75) is 24.8 Å². The molecule has 0 aromatic heterocycles. The Labute approximate surface area is 207 Å². The second kappa shape index (κ2) is 8.44. The van der Waals surface area contributed by atoms with Gasteiger partial charge in [-0.1, -0.05) is 70.5 Å². The van der Waals surface area contributed by atoms with Gasteiger partial charge in [-0.05, 0) is 70.1 Å². The second-order valence-corrected chi connectivity index (χ2v) is 9.95. The summed E-state index contributed by atoms with van der Waals surface area (Å²) in [5, 5.41) is 6.10. The highest BCUT2D eigenvalue weighted by atomic mass is 79.9. The molecule has 1 heterocycles. The lowest BCUT2D eigenvalue weighted by Gasteiger charge is -2.37. The van der Waals surface area contributed by atoms with Crippen LogP contribution in [0.4, 0.5) is 5.69 Å². The van der Waals surface area contributed by atoms with Gasteiger partial charge in [0.25, 0.3) is 0 Å². The van der Waals surface area contributed by atoms with Crippen LogP contribution in [0.25, 0.3) is 16.3 Å². The van der Waals surface area contributed by atoms with Gasteiger partial charge in [0.05, 0.1) is 13.2 Å². The van der Waals surface area contributed by atoms with E-state index in [1.54, 1.807) is 7.11 Å². The van der Waals surface area contributed by atoms with Crippen LogP contribution in [-0.4, -0.2) is 12.9 Å². The van der Waals surface area contributed by atoms with Crippen LogP contribution in [0.2, 0.25) is 0 Å². The van der Waals surface area contributed by atoms with E-state index in [4.69, 9.17) is 4.74 Å². The van der Waals surface area contributed by atoms with Crippen molar-refractivity contribution in [1.82, 2.24) is 0 Å². The lowest BCUT2D eigenvalue weighted by atomic mass is 9.71. The molecule has 1 aliphatic carbocycles. The number of halogens is 1. The highest BCUT2D eigenvalue weighted by Crippen LogP contribution is 2.51. The number of anilines is 1. The summed E-state index contributed by atoms with van der Waals surface area (Å²) < 4.78 is 6.35. The normalized spacial score (nSPS) is 19.4. The number of rotatable bonds is 3. The summed E-state index contributed by atoms with van der Waals surface area (Å²) >= 11 is 3.61. The summed E-state index contributed by atoms with van der Waals surface area (Å²) in [5.41, 5.74) is 6.62. The van der Waals surface area contributed by atoms with Crippen LogP contribution in [0.15, 0.2) is 95.0 Å². The van der Waals surface area contributed by atoms with Crippen LogP contribution in [0.3, 0.4) is 0 Å². The van der Waals surface area contributed by atoms with Gasteiger partial charge < -0.3 is 10.1 Å². The highest BCUT2D eigenvalue weighted by Gasteiger charge is 2.38. The third-order valence-corrected chi connectivity index (χ3v) is 7.59. The van der Waals surface area contributed by atoms with Gasteiger partial charge in [-0.15, -0.1) is 0 Å². The van der Waals surface area contributed by atoms with E-state index >= 15 is 0 Å². The largest absolute Gasteiger partial charge is 0.497 e. The highest BCUT2D eigenvalue weighted by molar-refractivity contribution is 9.10. The summed E-state index contributed by atoms with van der Waals surface area (Å²) in [7, 11) is 1.68. The molecule has 2 aliphatic rings. The van der Waals surface area contributed by atoms with Crippen molar-refractivity contribution in [1.29, 1.82) is 0 Å².